The molecule has 1 fully saturated rings. The van der Waals surface area contributed by atoms with Gasteiger partial charge >= 0.3 is 0 Å². The number of rotatable bonds is 2. The van der Waals surface area contributed by atoms with Crippen LogP contribution in [0, 0.1) is 0 Å². The van der Waals surface area contributed by atoms with E-state index in [9.17, 15) is 14.7 Å². The number of fused-ring (bicyclic) bond motifs is 1. The van der Waals surface area contributed by atoms with Gasteiger partial charge in [0.15, 0.2) is 11.5 Å². The van der Waals surface area contributed by atoms with Crippen molar-refractivity contribution >= 4 is 23.2 Å². The van der Waals surface area contributed by atoms with Gasteiger partial charge in [0.2, 0.25) is 5.91 Å². The number of hydrogen-bond acceptors (Lipinski definition) is 5. The normalized spacial score (nSPS) is 17.7. The van der Waals surface area contributed by atoms with E-state index in [1.165, 1.54) is 19.2 Å². The van der Waals surface area contributed by atoms with E-state index in [4.69, 9.17) is 4.74 Å². The number of ether oxygens (including phenoxy) is 1. The van der Waals surface area contributed by atoms with Gasteiger partial charge in [0.1, 0.15) is 5.54 Å². The molecule has 0 aliphatic carbocycles. The van der Waals surface area contributed by atoms with E-state index in [0.717, 1.165) is 11.4 Å². The van der Waals surface area contributed by atoms with Gasteiger partial charge in [0.05, 0.1) is 18.5 Å². The fourth-order valence-corrected chi connectivity index (χ4v) is 3.69. The van der Waals surface area contributed by atoms with Crippen LogP contribution in [0.15, 0.2) is 42.5 Å². The maximum atomic E-state index is 12.8. The molecule has 0 unspecified atom stereocenters. The number of nitrogens with zero attached hydrogens (tertiary/aromatic N) is 1. The lowest BCUT2D eigenvalue weighted by atomic mass is 9.84. The van der Waals surface area contributed by atoms with Gasteiger partial charge in [-0.3, -0.25) is 9.59 Å². The van der Waals surface area contributed by atoms with Gasteiger partial charge < -0.3 is 25.4 Å². The molecule has 4 rings (SSSR count). The summed E-state index contributed by atoms with van der Waals surface area (Å²) in [4.78, 5) is 27.2. The average molecular weight is 367 g/mol. The predicted molar refractivity (Wildman–Crippen MR) is 101 cm³/mol. The Morgan fingerprint density at radius 1 is 1.15 bits per heavy atom. The van der Waals surface area contributed by atoms with Crippen LogP contribution >= 0.6 is 0 Å². The van der Waals surface area contributed by atoms with E-state index in [1.54, 1.807) is 11.0 Å². The van der Waals surface area contributed by atoms with Crippen molar-refractivity contribution in [2.45, 2.75) is 18.4 Å². The number of amides is 2. The SMILES string of the molecule is COc1cc(C(=O)N2CCC3(CC2)Nc2ccccc2NC3=O)ccc1O. The molecule has 0 atom stereocenters. The molecule has 0 saturated carbocycles. The zero-order valence-electron chi connectivity index (χ0n) is 15.0. The summed E-state index contributed by atoms with van der Waals surface area (Å²) < 4.78 is 5.08. The van der Waals surface area contributed by atoms with Gasteiger partial charge in [0, 0.05) is 18.7 Å². The van der Waals surface area contributed by atoms with Crippen molar-refractivity contribution in [1.82, 2.24) is 4.90 Å². The number of phenols is 1. The van der Waals surface area contributed by atoms with Gasteiger partial charge in [-0.2, -0.15) is 0 Å². The van der Waals surface area contributed by atoms with E-state index < -0.39 is 5.54 Å². The molecule has 7 heteroatoms. The topological polar surface area (TPSA) is 90.9 Å². The zero-order chi connectivity index (χ0) is 19.0. The third-order valence-electron chi connectivity index (χ3n) is 5.31. The van der Waals surface area contributed by atoms with Gasteiger partial charge in [-0.05, 0) is 43.2 Å². The Balaban J connectivity index is 1.49. The number of para-hydroxylation sites is 2. The highest BCUT2D eigenvalue weighted by Gasteiger charge is 2.45. The smallest absolute Gasteiger partial charge is 0.253 e. The minimum Gasteiger partial charge on any atom is -0.504 e. The summed E-state index contributed by atoms with van der Waals surface area (Å²) in [6.07, 6.45) is 1.04. The first-order valence-electron chi connectivity index (χ1n) is 8.87. The Hall–Kier alpha value is -3.22. The Morgan fingerprint density at radius 2 is 1.85 bits per heavy atom. The van der Waals surface area contributed by atoms with Crippen LogP contribution in [0.3, 0.4) is 0 Å². The minimum atomic E-state index is -0.697. The molecular weight excluding hydrogens is 346 g/mol. The van der Waals surface area contributed by atoms with Crippen molar-refractivity contribution in [3.05, 3.63) is 48.0 Å². The van der Waals surface area contributed by atoms with Crippen molar-refractivity contribution in [2.24, 2.45) is 0 Å². The van der Waals surface area contributed by atoms with Gasteiger partial charge in [-0.25, -0.2) is 0 Å². The number of likely N-dealkylation sites (tertiary alicyclic amines) is 1. The first kappa shape index (κ1) is 17.2. The number of anilines is 2. The maximum absolute atomic E-state index is 12.8. The summed E-state index contributed by atoms with van der Waals surface area (Å²) in [5.74, 6) is 0.0621. The highest BCUT2D eigenvalue weighted by atomic mass is 16.5. The summed E-state index contributed by atoms with van der Waals surface area (Å²) in [6.45, 7) is 0.926. The Bertz CT molecular complexity index is 904. The molecule has 2 aliphatic rings. The average Bonchev–Trinajstić information content (AvgIpc) is 2.69. The molecule has 0 radical (unpaired) electrons. The van der Waals surface area contributed by atoms with Crippen LogP contribution in [0.4, 0.5) is 11.4 Å². The van der Waals surface area contributed by atoms with E-state index in [-0.39, 0.29) is 23.3 Å². The standard InChI is InChI=1S/C20H21N3O4/c1-27-17-12-13(6-7-16(17)24)18(25)23-10-8-20(9-11-23)19(26)21-14-4-2-3-5-15(14)22-20/h2-7,12,22,24H,8-11H2,1H3,(H,21,26). The number of carbonyl (C=O) groups is 2. The fourth-order valence-electron chi connectivity index (χ4n) is 3.69. The molecule has 7 nitrogen and oxygen atoms in total. The third kappa shape index (κ3) is 2.95. The summed E-state index contributed by atoms with van der Waals surface area (Å²) in [5, 5.41) is 16.1. The number of methoxy groups -OCH3 is 1. The molecule has 1 saturated heterocycles. The van der Waals surface area contributed by atoms with Crippen molar-refractivity contribution < 1.29 is 19.4 Å². The number of hydrogen-bond donors (Lipinski definition) is 3. The molecule has 27 heavy (non-hydrogen) atoms. The van der Waals surface area contributed by atoms with Crippen LogP contribution in [0.25, 0.3) is 0 Å². The summed E-state index contributed by atoms with van der Waals surface area (Å²) >= 11 is 0. The second-order valence-electron chi connectivity index (χ2n) is 6.89. The molecule has 2 aromatic rings. The van der Waals surface area contributed by atoms with Crippen LogP contribution < -0.4 is 15.4 Å². The number of phenolic OH excluding ortho intramolecular Hbond substituents is 1. The summed E-state index contributed by atoms with van der Waals surface area (Å²) in [6, 6.07) is 12.2. The number of aromatic hydroxyl groups is 1. The Morgan fingerprint density at radius 3 is 2.56 bits per heavy atom. The Kier molecular flexibility index (Phi) is 4.14. The van der Waals surface area contributed by atoms with E-state index in [0.29, 0.717) is 31.5 Å². The van der Waals surface area contributed by atoms with Crippen molar-refractivity contribution in [1.29, 1.82) is 0 Å². The molecule has 2 heterocycles. The van der Waals surface area contributed by atoms with E-state index in [1.807, 2.05) is 24.3 Å². The third-order valence-corrected chi connectivity index (χ3v) is 5.31. The van der Waals surface area contributed by atoms with Crippen molar-refractivity contribution in [3.8, 4) is 11.5 Å². The lowest BCUT2D eigenvalue weighted by Crippen LogP contribution is -2.59. The summed E-state index contributed by atoms with van der Waals surface area (Å²) in [7, 11) is 1.44. The van der Waals surface area contributed by atoms with Crippen molar-refractivity contribution in [2.75, 3.05) is 30.8 Å². The van der Waals surface area contributed by atoms with Crippen molar-refractivity contribution in [3.63, 3.8) is 0 Å². The zero-order valence-corrected chi connectivity index (χ0v) is 15.0. The van der Waals surface area contributed by atoms with Crippen LogP contribution in [0.2, 0.25) is 0 Å². The number of carbonyl (C=O) groups excluding carboxylic acids is 2. The molecular formula is C20H21N3O4. The van der Waals surface area contributed by atoms with Crippen LogP contribution in [0.5, 0.6) is 11.5 Å². The highest BCUT2D eigenvalue weighted by molar-refractivity contribution is 6.06. The lowest BCUT2D eigenvalue weighted by Gasteiger charge is -2.44. The number of nitrogens with one attached hydrogen (secondary N) is 2. The second kappa shape index (κ2) is 6.50. The van der Waals surface area contributed by atoms with Crippen LogP contribution in [-0.2, 0) is 4.79 Å². The molecule has 0 aromatic heterocycles. The van der Waals surface area contributed by atoms with E-state index >= 15 is 0 Å². The molecule has 2 aliphatic heterocycles. The van der Waals surface area contributed by atoms with E-state index in [2.05, 4.69) is 10.6 Å². The quantitative estimate of drug-likeness (QED) is 0.758. The van der Waals surface area contributed by atoms with Gasteiger partial charge in [-0.1, -0.05) is 12.1 Å². The number of benzene rings is 2. The van der Waals surface area contributed by atoms with Crippen LogP contribution in [0.1, 0.15) is 23.2 Å². The lowest BCUT2D eigenvalue weighted by molar-refractivity contribution is -0.122. The number of piperidine rings is 1. The Labute approximate surface area is 156 Å². The molecule has 2 aromatic carbocycles. The second-order valence-corrected chi connectivity index (χ2v) is 6.89. The minimum absolute atomic E-state index is 0.00612. The maximum Gasteiger partial charge on any atom is 0.253 e. The first-order valence-corrected chi connectivity index (χ1v) is 8.87. The fraction of sp³-hybridized carbons (Fsp3) is 0.300. The van der Waals surface area contributed by atoms with Gasteiger partial charge in [-0.15, -0.1) is 0 Å². The molecule has 140 valence electrons. The molecule has 2 amide bonds. The largest absolute Gasteiger partial charge is 0.504 e. The molecule has 0 bridgehead atoms. The van der Waals surface area contributed by atoms with Crippen LogP contribution in [-0.4, -0.2) is 47.6 Å². The molecule has 1 spiro atoms. The monoisotopic (exact) mass is 367 g/mol. The highest BCUT2D eigenvalue weighted by Crippen LogP contribution is 2.36. The summed E-state index contributed by atoms with van der Waals surface area (Å²) in [5.41, 5.74) is 1.44. The van der Waals surface area contributed by atoms with Gasteiger partial charge in [0.25, 0.3) is 5.91 Å². The molecule has 3 N–H and O–H groups in total. The predicted octanol–water partition coefficient (Wildman–Crippen LogP) is 2.44. The first-order chi connectivity index (χ1) is 13.0.